The third-order valence-electron chi connectivity index (χ3n) is 1.37. The van der Waals surface area contributed by atoms with E-state index in [1.165, 1.54) is 21.1 Å². The zero-order chi connectivity index (χ0) is 10.6. The predicted molar refractivity (Wildman–Crippen MR) is 48.6 cm³/mol. The van der Waals surface area contributed by atoms with Crippen molar-refractivity contribution in [2.24, 2.45) is 10.9 Å². The first-order chi connectivity index (χ1) is 5.82. The summed E-state index contributed by atoms with van der Waals surface area (Å²) in [5.74, 6) is -0.159. The van der Waals surface area contributed by atoms with Gasteiger partial charge in [-0.2, -0.15) is 17.0 Å². The minimum absolute atomic E-state index is 0.142. The van der Waals surface area contributed by atoms with Crippen LogP contribution in [0, 0.1) is 0 Å². The number of nitrogens with two attached hydrogens (primary N) is 1. The molecule has 3 N–H and O–H groups in total. The largest absolute Gasteiger partial charge is 0.409 e. The maximum absolute atomic E-state index is 11.3. The standard InChI is InChI=1S/C5H14N4O3S/c1-8(2)13(11,12)9(3)4-5(6)7-10/h10H,4H2,1-3H3,(H2,6,7). The van der Waals surface area contributed by atoms with E-state index in [4.69, 9.17) is 10.9 Å². The first-order valence-electron chi connectivity index (χ1n) is 3.42. The number of likely N-dealkylation sites (N-methyl/N-ethyl adjacent to an activating group) is 1. The molecule has 0 saturated heterocycles. The van der Waals surface area contributed by atoms with Crippen LogP contribution in [0.1, 0.15) is 0 Å². The lowest BCUT2D eigenvalue weighted by atomic mass is 10.6. The molecule has 0 aromatic heterocycles. The highest BCUT2D eigenvalue weighted by atomic mass is 32.2. The molecule has 0 heterocycles. The topological polar surface area (TPSA) is 99.2 Å². The number of oxime groups is 1. The molecule has 0 saturated carbocycles. The van der Waals surface area contributed by atoms with Gasteiger partial charge in [-0.05, 0) is 0 Å². The number of nitrogens with zero attached hydrogens (tertiary/aromatic N) is 3. The Bertz CT molecular complexity index is 284. The zero-order valence-electron chi connectivity index (χ0n) is 7.80. The summed E-state index contributed by atoms with van der Waals surface area (Å²) in [6, 6.07) is 0. The zero-order valence-corrected chi connectivity index (χ0v) is 8.61. The van der Waals surface area contributed by atoms with E-state index < -0.39 is 10.2 Å². The molecule has 0 aliphatic rings. The number of rotatable bonds is 4. The van der Waals surface area contributed by atoms with Crippen LogP contribution in [0.3, 0.4) is 0 Å². The highest BCUT2D eigenvalue weighted by molar-refractivity contribution is 7.86. The smallest absolute Gasteiger partial charge is 0.281 e. The summed E-state index contributed by atoms with van der Waals surface area (Å²) in [4.78, 5) is 0. The van der Waals surface area contributed by atoms with Crippen molar-refractivity contribution in [1.29, 1.82) is 0 Å². The Kier molecular flexibility index (Phi) is 4.11. The van der Waals surface area contributed by atoms with Gasteiger partial charge in [0, 0.05) is 21.1 Å². The Morgan fingerprint density at radius 1 is 1.46 bits per heavy atom. The molecule has 0 atom stereocenters. The molecule has 8 heteroatoms. The van der Waals surface area contributed by atoms with E-state index >= 15 is 0 Å². The van der Waals surface area contributed by atoms with Crippen molar-refractivity contribution in [3.8, 4) is 0 Å². The SMILES string of the molecule is CN(C)S(=O)(=O)N(C)CC(N)=NO. The van der Waals surface area contributed by atoms with Crippen LogP contribution in [0.5, 0.6) is 0 Å². The first kappa shape index (κ1) is 12.1. The fourth-order valence-corrected chi connectivity index (χ4v) is 1.47. The molecule has 0 aliphatic carbocycles. The lowest BCUT2D eigenvalue weighted by Crippen LogP contribution is -2.41. The van der Waals surface area contributed by atoms with Gasteiger partial charge in [0.25, 0.3) is 10.2 Å². The van der Waals surface area contributed by atoms with E-state index in [2.05, 4.69) is 5.16 Å². The molecule has 0 spiro atoms. The van der Waals surface area contributed by atoms with Gasteiger partial charge in [-0.3, -0.25) is 0 Å². The summed E-state index contributed by atoms with van der Waals surface area (Å²) in [5, 5.41) is 10.9. The summed E-state index contributed by atoms with van der Waals surface area (Å²) >= 11 is 0. The van der Waals surface area contributed by atoms with Crippen LogP contribution in [-0.4, -0.2) is 55.8 Å². The van der Waals surface area contributed by atoms with E-state index in [0.717, 1.165) is 8.61 Å². The summed E-state index contributed by atoms with van der Waals surface area (Å²) in [5.41, 5.74) is 5.15. The molecule has 78 valence electrons. The summed E-state index contributed by atoms with van der Waals surface area (Å²) in [6.45, 7) is -0.142. The van der Waals surface area contributed by atoms with Crippen LogP contribution in [-0.2, 0) is 10.2 Å². The molecule has 7 nitrogen and oxygen atoms in total. The highest BCUT2D eigenvalue weighted by Crippen LogP contribution is 1.99. The van der Waals surface area contributed by atoms with Gasteiger partial charge in [0.2, 0.25) is 0 Å². The number of amidine groups is 1. The lowest BCUT2D eigenvalue weighted by Gasteiger charge is -2.20. The molecule has 0 rings (SSSR count). The second-order valence-corrected chi connectivity index (χ2v) is 4.89. The van der Waals surface area contributed by atoms with Gasteiger partial charge in [0.1, 0.15) is 0 Å². The Hall–Kier alpha value is -0.860. The van der Waals surface area contributed by atoms with Crippen molar-refractivity contribution in [1.82, 2.24) is 8.61 Å². The van der Waals surface area contributed by atoms with E-state index in [0.29, 0.717) is 0 Å². The monoisotopic (exact) mass is 210 g/mol. The summed E-state index contributed by atoms with van der Waals surface area (Å²) in [7, 11) is 0.655. The minimum Gasteiger partial charge on any atom is -0.409 e. The molecule has 0 aromatic carbocycles. The van der Waals surface area contributed by atoms with Crippen molar-refractivity contribution >= 4 is 16.0 Å². The second-order valence-electron chi connectivity index (χ2n) is 2.64. The van der Waals surface area contributed by atoms with Crippen molar-refractivity contribution in [2.75, 3.05) is 27.7 Å². The van der Waals surface area contributed by atoms with Crippen LogP contribution >= 0.6 is 0 Å². The van der Waals surface area contributed by atoms with Gasteiger partial charge in [-0.25, -0.2) is 0 Å². The minimum atomic E-state index is -3.49. The van der Waals surface area contributed by atoms with Crippen molar-refractivity contribution in [3.63, 3.8) is 0 Å². The van der Waals surface area contributed by atoms with E-state index in [1.807, 2.05) is 0 Å². The molecule has 0 amide bonds. The predicted octanol–water partition coefficient (Wildman–Crippen LogP) is -1.53. The van der Waals surface area contributed by atoms with Gasteiger partial charge < -0.3 is 10.9 Å². The Balaban J connectivity index is 4.53. The third kappa shape index (κ3) is 3.17. The quantitative estimate of drug-likeness (QED) is 0.254. The number of hydrogen-bond acceptors (Lipinski definition) is 4. The van der Waals surface area contributed by atoms with Gasteiger partial charge >= 0.3 is 0 Å². The fraction of sp³-hybridized carbons (Fsp3) is 0.800. The summed E-state index contributed by atoms with van der Waals surface area (Å²) < 4.78 is 24.7. The summed E-state index contributed by atoms with van der Waals surface area (Å²) in [6.07, 6.45) is 0. The molecule has 0 fully saturated rings. The van der Waals surface area contributed by atoms with Crippen molar-refractivity contribution in [3.05, 3.63) is 0 Å². The second kappa shape index (κ2) is 4.40. The molecular formula is C5H14N4O3S. The van der Waals surface area contributed by atoms with Gasteiger partial charge in [-0.15, -0.1) is 0 Å². The molecule has 13 heavy (non-hydrogen) atoms. The fourth-order valence-electron chi connectivity index (χ4n) is 0.620. The van der Waals surface area contributed by atoms with Crippen molar-refractivity contribution in [2.45, 2.75) is 0 Å². The molecule has 0 radical (unpaired) electrons. The third-order valence-corrected chi connectivity index (χ3v) is 3.21. The highest BCUT2D eigenvalue weighted by Gasteiger charge is 2.20. The van der Waals surface area contributed by atoms with Crippen LogP contribution in [0.25, 0.3) is 0 Å². The molecular weight excluding hydrogens is 196 g/mol. The molecule has 0 unspecified atom stereocenters. The van der Waals surface area contributed by atoms with E-state index in [1.54, 1.807) is 0 Å². The van der Waals surface area contributed by atoms with Crippen LogP contribution < -0.4 is 5.73 Å². The maximum Gasteiger partial charge on any atom is 0.281 e. The van der Waals surface area contributed by atoms with Crippen LogP contribution in [0.4, 0.5) is 0 Å². The van der Waals surface area contributed by atoms with E-state index in [-0.39, 0.29) is 12.4 Å². The molecule has 0 bridgehead atoms. The van der Waals surface area contributed by atoms with E-state index in [9.17, 15) is 8.42 Å². The molecule has 0 aliphatic heterocycles. The van der Waals surface area contributed by atoms with Gasteiger partial charge in [-0.1, -0.05) is 5.16 Å². The van der Waals surface area contributed by atoms with Gasteiger partial charge in [0.15, 0.2) is 5.84 Å². The van der Waals surface area contributed by atoms with Gasteiger partial charge in [0.05, 0.1) is 6.54 Å². The van der Waals surface area contributed by atoms with Crippen LogP contribution in [0.2, 0.25) is 0 Å². The normalized spacial score (nSPS) is 14.1. The Morgan fingerprint density at radius 3 is 2.23 bits per heavy atom. The van der Waals surface area contributed by atoms with Crippen LogP contribution in [0.15, 0.2) is 5.16 Å². The average molecular weight is 210 g/mol. The molecule has 0 aromatic rings. The lowest BCUT2D eigenvalue weighted by molar-refractivity contribution is 0.315. The Morgan fingerprint density at radius 2 is 1.92 bits per heavy atom. The average Bonchev–Trinajstić information content (AvgIpc) is 2.03. The van der Waals surface area contributed by atoms with Crippen molar-refractivity contribution < 1.29 is 13.6 Å². The first-order valence-corrected chi connectivity index (χ1v) is 4.82. The maximum atomic E-state index is 11.3. The number of hydrogen-bond donors (Lipinski definition) is 2. The Labute approximate surface area is 77.6 Å².